The van der Waals surface area contributed by atoms with Crippen molar-refractivity contribution >= 4 is 6.03 Å². The number of hydrogen-bond acceptors (Lipinski definition) is 5. The van der Waals surface area contributed by atoms with Gasteiger partial charge in [0, 0.05) is 25.7 Å². The van der Waals surface area contributed by atoms with E-state index in [1.54, 1.807) is 19.1 Å². The smallest absolute Gasteiger partial charge is 0.317 e. The number of rotatable bonds is 7. The number of urea groups is 1. The number of nitrogens with zero attached hydrogens (tertiary/aromatic N) is 2. The van der Waals surface area contributed by atoms with Gasteiger partial charge in [0.05, 0.1) is 26.4 Å². The van der Waals surface area contributed by atoms with Crippen LogP contribution < -0.4 is 14.8 Å². The van der Waals surface area contributed by atoms with Crippen molar-refractivity contribution in [2.75, 3.05) is 54.5 Å². The summed E-state index contributed by atoms with van der Waals surface area (Å²) in [4.78, 5) is 16.1. The van der Waals surface area contributed by atoms with E-state index in [2.05, 4.69) is 5.32 Å². The topological polar surface area (TPSA) is 74.3 Å². The van der Waals surface area contributed by atoms with Gasteiger partial charge in [-0.3, -0.25) is 0 Å². The van der Waals surface area contributed by atoms with Crippen LogP contribution in [0.2, 0.25) is 0 Å². The quantitative estimate of drug-likeness (QED) is 0.763. The lowest BCUT2D eigenvalue weighted by molar-refractivity contribution is -0.0346. The highest BCUT2D eigenvalue weighted by Crippen LogP contribution is 2.25. The van der Waals surface area contributed by atoms with Crippen molar-refractivity contribution in [2.24, 2.45) is 0 Å². The minimum absolute atomic E-state index is 0.130. The van der Waals surface area contributed by atoms with Crippen LogP contribution in [0.25, 0.3) is 0 Å². The molecule has 1 atom stereocenters. The molecule has 2 amide bonds. The summed E-state index contributed by atoms with van der Waals surface area (Å²) in [5.74, 6) is 1.49. The normalized spacial score (nSPS) is 20.2. The fourth-order valence-electron chi connectivity index (χ4n) is 3.48. The van der Waals surface area contributed by atoms with Crippen LogP contribution in [0.4, 0.5) is 4.79 Å². The second-order valence-electron chi connectivity index (χ2n) is 7.15. The summed E-state index contributed by atoms with van der Waals surface area (Å²) < 4.78 is 10.6. The van der Waals surface area contributed by atoms with Crippen molar-refractivity contribution in [1.82, 2.24) is 15.1 Å². The lowest BCUT2D eigenvalue weighted by Gasteiger charge is -2.40. The standard InChI is InChI=1S/C19H31N3O4/c1-21(2)13-19(24)9-5-11-22(14-19)18(23)20-10-8-15-6-7-16(25-3)12-17(15)26-4/h6-7,12,24H,5,8-11,13-14H2,1-4H3,(H,20,23)/t19-/m0/s1. The number of methoxy groups -OCH3 is 2. The lowest BCUT2D eigenvalue weighted by atomic mass is 9.92. The summed E-state index contributed by atoms with van der Waals surface area (Å²) in [7, 11) is 7.10. The number of piperidine rings is 1. The summed E-state index contributed by atoms with van der Waals surface area (Å²) in [5.41, 5.74) is 0.175. The first-order chi connectivity index (χ1) is 12.4. The molecule has 1 fully saturated rings. The monoisotopic (exact) mass is 365 g/mol. The molecule has 2 N–H and O–H groups in total. The Kier molecular flexibility index (Phi) is 7.11. The number of β-amino-alcohol motifs (C(OH)–C–C–N with tert-alkyl or cyclic N) is 1. The molecule has 0 aliphatic carbocycles. The summed E-state index contributed by atoms with van der Waals surface area (Å²) in [5, 5.41) is 13.6. The first-order valence-electron chi connectivity index (χ1n) is 8.97. The SMILES string of the molecule is COc1ccc(CCNC(=O)N2CCC[C@](O)(CN(C)C)C2)c(OC)c1. The Balaban J connectivity index is 1.87. The number of amides is 2. The van der Waals surface area contributed by atoms with Crippen molar-refractivity contribution in [3.8, 4) is 11.5 Å². The Bertz CT molecular complexity index is 608. The molecule has 0 bridgehead atoms. The Hall–Kier alpha value is -1.99. The van der Waals surface area contributed by atoms with Crippen molar-refractivity contribution < 1.29 is 19.4 Å². The predicted octanol–water partition coefficient (Wildman–Crippen LogP) is 1.34. The average molecular weight is 365 g/mol. The molecule has 1 heterocycles. The molecule has 0 aromatic heterocycles. The third-order valence-corrected chi connectivity index (χ3v) is 4.62. The number of carbonyl (C=O) groups excluding carboxylic acids is 1. The molecule has 1 aromatic carbocycles. The first kappa shape index (κ1) is 20.3. The number of ether oxygens (including phenoxy) is 2. The fourth-order valence-corrected chi connectivity index (χ4v) is 3.48. The molecule has 0 unspecified atom stereocenters. The van der Waals surface area contributed by atoms with Gasteiger partial charge in [0.15, 0.2) is 0 Å². The van der Waals surface area contributed by atoms with Crippen LogP contribution in [0.15, 0.2) is 18.2 Å². The van der Waals surface area contributed by atoms with Crippen LogP contribution in [0.5, 0.6) is 11.5 Å². The maximum Gasteiger partial charge on any atom is 0.317 e. The van der Waals surface area contributed by atoms with Crippen LogP contribution in [0, 0.1) is 0 Å². The van der Waals surface area contributed by atoms with Gasteiger partial charge in [-0.1, -0.05) is 6.07 Å². The largest absolute Gasteiger partial charge is 0.497 e. The number of nitrogens with one attached hydrogen (secondary N) is 1. The molecule has 0 spiro atoms. The molecule has 0 saturated carbocycles. The Labute approximate surface area is 155 Å². The number of benzene rings is 1. The van der Waals surface area contributed by atoms with Gasteiger partial charge in [-0.05, 0) is 45.0 Å². The molecular formula is C19H31N3O4. The average Bonchev–Trinajstić information content (AvgIpc) is 2.60. The van der Waals surface area contributed by atoms with E-state index >= 15 is 0 Å². The third-order valence-electron chi connectivity index (χ3n) is 4.62. The molecule has 7 nitrogen and oxygen atoms in total. The number of aliphatic hydroxyl groups is 1. The molecule has 1 aliphatic heterocycles. The minimum Gasteiger partial charge on any atom is -0.497 e. The molecule has 1 saturated heterocycles. The van der Waals surface area contributed by atoms with E-state index in [0.717, 1.165) is 29.9 Å². The highest BCUT2D eigenvalue weighted by atomic mass is 16.5. The molecule has 0 radical (unpaired) electrons. The second kappa shape index (κ2) is 9.09. The van der Waals surface area contributed by atoms with Gasteiger partial charge in [-0.15, -0.1) is 0 Å². The molecule has 146 valence electrons. The molecular weight excluding hydrogens is 334 g/mol. The first-order valence-corrected chi connectivity index (χ1v) is 8.97. The number of likely N-dealkylation sites (N-methyl/N-ethyl adjacent to an activating group) is 1. The van der Waals surface area contributed by atoms with Crippen LogP contribution in [0.3, 0.4) is 0 Å². The number of carbonyl (C=O) groups is 1. The molecule has 7 heteroatoms. The van der Waals surface area contributed by atoms with Crippen LogP contribution in [0.1, 0.15) is 18.4 Å². The second-order valence-corrected chi connectivity index (χ2v) is 7.15. The van der Waals surface area contributed by atoms with E-state index < -0.39 is 5.60 Å². The zero-order valence-electron chi connectivity index (χ0n) is 16.2. The molecule has 26 heavy (non-hydrogen) atoms. The van der Waals surface area contributed by atoms with E-state index in [9.17, 15) is 9.90 Å². The van der Waals surface area contributed by atoms with E-state index in [1.807, 2.05) is 37.2 Å². The van der Waals surface area contributed by atoms with Crippen molar-refractivity contribution in [2.45, 2.75) is 24.9 Å². The van der Waals surface area contributed by atoms with Gasteiger partial charge in [0.25, 0.3) is 0 Å². The van der Waals surface area contributed by atoms with Gasteiger partial charge in [0.1, 0.15) is 11.5 Å². The Morgan fingerprint density at radius 2 is 2.12 bits per heavy atom. The predicted molar refractivity (Wildman–Crippen MR) is 101 cm³/mol. The lowest BCUT2D eigenvalue weighted by Crippen LogP contribution is -2.56. The molecule has 1 aliphatic rings. The van der Waals surface area contributed by atoms with Crippen molar-refractivity contribution in [3.05, 3.63) is 23.8 Å². The zero-order chi connectivity index (χ0) is 19.2. The number of likely N-dealkylation sites (tertiary alicyclic amines) is 1. The zero-order valence-corrected chi connectivity index (χ0v) is 16.2. The van der Waals surface area contributed by atoms with Gasteiger partial charge in [-0.2, -0.15) is 0 Å². The van der Waals surface area contributed by atoms with E-state index in [4.69, 9.17) is 9.47 Å². The van der Waals surface area contributed by atoms with Crippen LogP contribution >= 0.6 is 0 Å². The highest BCUT2D eigenvalue weighted by molar-refractivity contribution is 5.74. The van der Waals surface area contributed by atoms with Crippen LogP contribution in [-0.2, 0) is 6.42 Å². The van der Waals surface area contributed by atoms with E-state index in [-0.39, 0.29) is 6.03 Å². The number of hydrogen-bond donors (Lipinski definition) is 2. The van der Waals surface area contributed by atoms with Gasteiger partial charge < -0.3 is 29.7 Å². The maximum atomic E-state index is 12.5. The summed E-state index contributed by atoms with van der Waals surface area (Å²) in [6.07, 6.45) is 2.19. The fraction of sp³-hybridized carbons (Fsp3) is 0.632. The summed E-state index contributed by atoms with van der Waals surface area (Å²) >= 11 is 0. The summed E-state index contributed by atoms with van der Waals surface area (Å²) in [6.45, 7) is 2.10. The van der Waals surface area contributed by atoms with E-state index in [0.29, 0.717) is 32.6 Å². The Morgan fingerprint density at radius 3 is 2.77 bits per heavy atom. The Morgan fingerprint density at radius 1 is 1.35 bits per heavy atom. The molecule has 1 aromatic rings. The van der Waals surface area contributed by atoms with E-state index in [1.165, 1.54) is 0 Å². The van der Waals surface area contributed by atoms with Crippen molar-refractivity contribution in [3.63, 3.8) is 0 Å². The van der Waals surface area contributed by atoms with Gasteiger partial charge >= 0.3 is 6.03 Å². The van der Waals surface area contributed by atoms with Gasteiger partial charge in [0.2, 0.25) is 0 Å². The summed E-state index contributed by atoms with van der Waals surface area (Å²) in [6, 6.07) is 5.53. The minimum atomic E-state index is -0.835. The van der Waals surface area contributed by atoms with Crippen molar-refractivity contribution in [1.29, 1.82) is 0 Å². The highest BCUT2D eigenvalue weighted by Gasteiger charge is 2.35. The van der Waals surface area contributed by atoms with Crippen LogP contribution in [-0.4, -0.2) is 81.0 Å². The third kappa shape index (κ3) is 5.51. The maximum absolute atomic E-state index is 12.5. The molecule has 2 rings (SSSR count). The van der Waals surface area contributed by atoms with Gasteiger partial charge in [-0.25, -0.2) is 4.79 Å².